The van der Waals surface area contributed by atoms with Crippen molar-refractivity contribution in [1.82, 2.24) is 10.2 Å². The normalized spacial score (nSPS) is 17.8. The third-order valence-electron chi connectivity index (χ3n) is 3.90. The van der Waals surface area contributed by atoms with Crippen molar-refractivity contribution < 1.29 is 9.90 Å². The van der Waals surface area contributed by atoms with Gasteiger partial charge in [0.2, 0.25) is 5.91 Å². The van der Waals surface area contributed by atoms with Crippen LogP contribution in [-0.2, 0) is 4.79 Å². The SMILES string of the molecule is CN(C)C(CNC(=O)CC(O)c1ccccc1)C1CC1. The van der Waals surface area contributed by atoms with Crippen molar-refractivity contribution in [2.24, 2.45) is 5.92 Å². The average molecular weight is 276 g/mol. The molecule has 20 heavy (non-hydrogen) atoms. The van der Waals surface area contributed by atoms with E-state index in [9.17, 15) is 9.90 Å². The zero-order chi connectivity index (χ0) is 14.5. The quantitative estimate of drug-likeness (QED) is 0.795. The fraction of sp³-hybridized carbons (Fsp3) is 0.562. The molecule has 0 spiro atoms. The minimum absolute atomic E-state index is 0.0890. The first-order valence-corrected chi connectivity index (χ1v) is 7.24. The first kappa shape index (κ1) is 15.0. The van der Waals surface area contributed by atoms with Gasteiger partial charge in [0.05, 0.1) is 12.5 Å². The molecular formula is C16H24N2O2. The first-order chi connectivity index (χ1) is 9.58. The van der Waals surface area contributed by atoms with E-state index in [1.54, 1.807) is 0 Å². The highest BCUT2D eigenvalue weighted by Gasteiger charge is 2.32. The van der Waals surface area contributed by atoms with Gasteiger partial charge in [0.15, 0.2) is 0 Å². The van der Waals surface area contributed by atoms with Gasteiger partial charge in [-0.2, -0.15) is 0 Å². The minimum atomic E-state index is -0.727. The Morgan fingerprint density at radius 3 is 2.55 bits per heavy atom. The molecule has 110 valence electrons. The molecule has 4 heteroatoms. The van der Waals surface area contributed by atoms with Crippen molar-refractivity contribution in [2.75, 3.05) is 20.6 Å². The van der Waals surface area contributed by atoms with Crippen LogP contribution in [0.5, 0.6) is 0 Å². The molecule has 1 amide bonds. The van der Waals surface area contributed by atoms with Crippen LogP contribution >= 0.6 is 0 Å². The van der Waals surface area contributed by atoms with Gasteiger partial charge in [-0.15, -0.1) is 0 Å². The summed E-state index contributed by atoms with van der Waals surface area (Å²) in [6, 6.07) is 9.72. The van der Waals surface area contributed by atoms with Crippen LogP contribution in [0.1, 0.15) is 30.9 Å². The molecule has 1 saturated carbocycles. The highest BCUT2D eigenvalue weighted by molar-refractivity contribution is 5.76. The van der Waals surface area contributed by atoms with Crippen LogP contribution in [0.4, 0.5) is 0 Å². The summed E-state index contributed by atoms with van der Waals surface area (Å²) in [5.41, 5.74) is 0.786. The fourth-order valence-electron chi connectivity index (χ4n) is 2.51. The van der Waals surface area contributed by atoms with Gasteiger partial charge in [-0.25, -0.2) is 0 Å². The van der Waals surface area contributed by atoms with Gasteiger partial charge in [0.25, 0.3) is 0 Å². The molecule has 0 aliphatic heterocycles. The van der Waals surface area contributed by atoms with E-state index in [0.717, 1.165) is 5.56 Å². The van der Waals surface area contributed by atoms with Crippen LogP contribution in [-0.4, -0.2) is 42.6 Å². The minimum Gasteiger partial charge on any atom is -0.388 e. The first-order valence-electron chi connectivity index (χ1n) is 7.24. The summed E-state index contributed by atoms with van der Waals surface area (Å²) in [5, 5.41) is 13.0. The molecule has 0 radical (unpaired) electrons. The fourth-order valence-corrected chi connectivity index (χ4v) is 2.51. The summed E-state index contributed by atoms with van der Waals surface area (Å²) in [7, 11) is 4.10. The monoisotopic (exact) mass is 276 g/mol. The number of aliphatic hydroxyl groups excluding tert-OH is 1. The number of carbonyl (C=O) groups excluding carboxylic acids is 1. The second-order valence-electron chi connectivity index (χ2n) is 5.80. The van der Waals surface area contributed by atoms with Gasteiger partial charge in [-0.3, -0.25) is 4.79 Å². The number of benzene rings is 1. The second kappa shape index (κ2) is 6.86. The second-order valence-corrected chi connectivity index (χ2v) is 5.80. The summed E-state index contributed by atoms with van der Waals surface area (Å²) in [5.74, 6) is 0.623. The third kappa shape index (κ3) is 4.32. The Kier molecular flexibility index (Phi) is 5.15. The van der Waals surface area contributed by atoms with E-state index in [-0.39, 0.29) is 12.3 Å². The van der Waals surface area contributed by atoms with Gasteiger partial charge >= 0.3 is 0 Å². The zero-order valence-corrected chi connectivity index (χ0v) is 12.2. The van der Waals surface area contributed by atoms with Crippen LogP contribution in [0, 0.1) is 5.92 Å². The molecule has 2 N–H and O–H groups in total. The van der Waals surface area contributed by atoms with E-state index in [1.165, 1.54) is 12.8 Å². The predicted molar refractivity (Wildman–Crippen MR) is 79.2 cm³/mol. The maximum atomic E-state index is 11.9. The molecule has 2 rings (SSSR count). The third-order valence-corrected chi connectivity index (χ3v) is 3.90. The lowest BCUT2D eigenvalue weighted by atomic mass is 10.1. The Hall–Kier alpha value is -1.39. The maximum Gasteiger partial charge on any atom is 0.223 e. The highest BCUT2D eigenvalue weighted by Crippen LogP contribution is 2.34. The van der Waals surface area contributed by atoms with Crippen molar-refractivity contribution in [2.45, 2.75) is 31.4 Å². The number of carbonyl (C=O) groups is 1. The van der Waals surface area contributed by atoms with Crippen LogP contribution in [0.2, 0.25) is 0 Å². The van der Waals surface area contributed by atoms with Gasteiger partial charge in [0.1, 0.15) is 0 Å². The summed E-state index contributed by atoms with van der Waals surface area (Å²) < 4.78 is 0. The zero-order valence-electron chi connectivity index (χ0n) is 12.2. The Labute approximate surface area is 120 Å². The molecule has 0 heterocycles. The lowest BCUT2D eigenvalue weighted by molar-refractivity contribution is -0.123. The van der Waals surface area contributed by atoms with Crippen LogP contribution in [0.25, 0.3) is 0 Å². The van der Waals surface area contributed by atoms with Gasteiger partial charge in [-0.1, -0.05) is 30.3 Å². The number of nitrogens with one attached hydrogen (secondary N) is 1. The van der Waals surface area contributed by atoms with E-state index in [0.29, 0.717) is 18.5 Å². The number of likely N-dealkylation sites (N-methyl/N-ethyl adjacent to an activating group) is 1. The summed E-state index contributed by atoms with van der Waals surface area (Å²) in [4.78, 5) is 14.1. The van der Waals surface area contributed by atoms with Crippen molar-refractivity contribution in [3.8, 4) is 0 Å². The van der Waals surface area contributed by atoms with E-state index in [4.69, 9.17) is 0 Å². The Morgan fingerprint density at radius 2 is 2.00 bits per heavy atom. The summed E-state index contributed by atoms with van der Waals surface area (Å²) in [6.07, 6.45) is 1.90. The molecule has 2 atom stereocenters. The summed E-state index contributed by atoms with van der Waals surface area (Å²) >= 11 is 0. The van der Waals surface area contributed by atoms with Crippen molar-refractivity contribution in [3.05, 3.63) is 35.9 Å². The number of rotatable bonds is 7. The Bertz CT molecular complexity index is 427. The number of aliphatic hydroxyl groups is 1. The maximum absolute atomic E-state index is 11.9. The van der Waals surface area contributed by atoms with Crippen LogP contribution in [0.3, 0.4) is 0 Å². The smallest absolute Gasteiger partial charge is 0.223 e. The van der Waals surface area contributed by atoms with Crippen molar-refractivity contribution in [1.29, 1.82) is 0 Å². The van der Waals surface area contributed by atoms with E-state index in [1.807, 2.05) is 44.4 Å². The standard InChI is InChI=1S/C16H24N2O2/c1-18(2)14(12-8-9-12)11-17-16(20)10-15(19)13-6-4-3-5-7-13/h3-7,12,14-15,19H,8-11H2,1-2H3,(H,17,20). The molecule has 1 aromatic carbocycles. The van der Waals surface area contributed by atoms with Crippen molar-refractivity contribution >= 4 is 5.91 Å². The molecule has 0 bridgehead atoms. The molecule has 4 nitrogen and oxygen atoms in total. The topological polar surface area (TPSA) is 52.6 Å². The van der Waals surface area contributed by atoms with Crippen LogP contribution < -0.4 is 5.32 Å². The van der Waals surface area contributed by atoms with Gasteiger partial charge in [-0.05, 0) is 38.4 Å². The van der Waals surface area contributed by atoms with E-state index in [2.05, 4.69) is 10.2 Å². The number of hydrogen-bond donors (Lipinski definition) is 2. The Balaban J connectivity index is 1.77. The van der Waals surface area contributed by atoms with E-state index >= 15 is 0 Å². The van der Waals surface area contributed by atoms with Crippen molar-refractivity contribution in [3.63, 3.8) is 0 Å². The molecule has 1 fully saturated rings. The van der Waals surface area contributed by atoms with Gasteiger partial charge < -0.3 is 15.3 Å². The number of nitrogens with zero attached hydrogens (tertiary/aromatic N) is 1. The largest absolute Gasteiger partial charge is 0.388 e. The molecule has 2 unspecified atom stereocenters. The lowest BCUT2D eigenvalue weighted by Crippen LogP contribution is -2.41. The number of hydrogen-bond acceptors (Lipinski definition) is 3. The average Bonchev–Trinajstić information content (AvgIpc) is 3.24. The summed E-state index contributed by atoms with van der Waals surface area (Å²) in [6.45, 7) is 0.665. The molecule has 0 saturated heterocycles. The van der Waals surface area contributed by atoms with E-state index < -0.39 is 6.10 Å². The van der Waals surface area contributed by atoms with Crippen LogP contribution in [0.15, 0.2) is 30.3 Å². The molecule has 0 aromatic heterocycles. The predicted octanol–water partition coefficient (Wildman–Crippen LogP) is 1.57. The molecule has 1 aliphatic carbocycles. The Morgan fingerprint density at radius 1 is 1.35 bits per heavy atom. The number of amides is 1. The molecular weight excluding hydrogens is 252 g/mol. The molecule has 1 aromatic rings. The molecule has 1 aliphatic rings. The highest BCUT2D eigenvalue weighted by atomic mass is 16.3. The van der Waals surface area contributed by atoms with Gasteiger partial charge in [0, 0.05) is 12.6 Å². The lowest BCUT2D eigenvalue weighted by Gasteiger charge is -2.24.